The van der Waals surface area contributed by atoms with Gasteiger partial charge in [-0.1, -0.05) is 17.7 Å². The lowest BCUT2D eigenvalue weighted by Gasteiger charge is -2.31. The number of anilines is 2. The van der Waals surface area contributed by atoms with Crippen LogP contribution in [-0.4, -0.2) is 21.6 Å². The third-order valence-electron chi connectivity index (χ3n) is 5.62. The van der Waals surface area contributed by atoms with Crippen LogP contribution in [0, 0.1) is 6.92 Å². The van der Waals surface area contributed by atoms with Gasteiger partial charge in [0.05, 0.1) is 17.4 Å². The minimum atomic E-state index is -4.45. The first-order chi connectivity index (χ1) is 14.2. The van der Waals surface area contributed by atoms with Crippen molar-refractivity contribution >= 4 is 23.3 Å². The molecule has 0 saturated heterocycles. The van der Waals surface area contributed by atoms with Gasteiger partial charge in [-0.15, -0.1) is 0 Å². The molecule has 5 rings (SSSR count). The van der Waals surface area contributed by atoms with E-state index < -0.39 is 17.2 Å². The summed E-state index contributed by atoms with van der Waals surface area (Å²) in [6.07, 6.45) is -3.05. The Morgan fingerprint density at radius 3 is 2.47 bits per heavy atom. The van der Waals surface area contributed by atoms with Crippen LogP contribution in [0.5, 0.6) is 0 Å². The third-order valence-corrected chi connectivity index (χ3v) is 5.62. The van der Waals surface area contributed by atoms with E-state index in [0.717, 1.165) is 17.7 Å². The highest BCUT2D eigenvalue weighted by Gasteiger charge is 2.54. The molecule has 2 aliphatic heterocycles. The molecule has 1 unspecified atom stereocenters. The molecule has 1 atom stereocenters. The number of hydrogen-bond donors (Lipinski definition) is 2. The highest BCUT2D eigenvalue weighted by Crippen LogP contribution is 2.50. The number of carbonyl (C=O) groups excluding carboxylic acids is 2. The Morgan fingerprint density at radius 2 is 1.77 bits per heavy atom. The molecular formula is C21H15F3N4O2. The van der Waals surface area contributed by atoms with Gasteiger partial charge < -0.3 is 10.6 Å². The molecular weight excluding hydrogens is 397 g/mol. The van der Waals surface area contributed by atoms with Crippen molar-refractivity contribution in [1.82, 2.24) is 9.78 Å². The molecule has 6 nitrogen and oxygen atoms in total. The highest BCUT2D eigenvalue weighted by atomic mass is 19.4. The van der Waals surface area contributed by atoms with Crippen molar-refractivity contribution in [3.05, 3.63) is 70.9 Å². The van der Waals surface area contributed by atoms with Crippen molar-refractivity contribution < 1.29 is 22.8 Å². The Balaban J connectivity index is 1.68. The number of aromatic nitrogens is 2. The molecule has 30 heavy (non-hydrogen) atoms. The zero-order valence-corrected chi connectivity index (χ0v) is 15.7. The minimum Gasteiger partial charge on any atom is -0.325 e. The van der Waals surface area contributed by atoms with Gasteiger partial charge in [-0.05, 0) is 42.8 Å². The van der Waals surface area contributed by atoms with Gasteiger partial charge in [-0.25, -0.2) is 4.68 Å². The van der Waals surface area contributed by atoms with Gasteiger partial charge >= 0.3 is 6.18 Å². The van der Waals surface area contributed by atoms with E-state index in [4.69, 9.17) is 0 Å². The first-order valence-corrected chi connectivity index (χ1v) is 9.19. The van der Waals surface area contributed by atoms with Crippen LogP contribution in [0.15, 0.2) is 48.7 Å². The lowest BCUT2D eigenvalue weighted by atomic mass is 9.71. The number of benzene rings is 2. The van der Waals surface area contributed by atoms with E-state index in [9.17, 15) is 22.8 Å². The lowest BCUT2D eigenvalue weighted by molar-refractivity contribution is -0.137. The highest BCUT2D eigenvalue weighted by molar-refractivity contribution is 6.14. The van der Waals surface area contributed by atoms with Crippen molar-refractivity contribution in [2.75, 3.05) is 10.6 Å². The average molecular weight is 412 g/mol. The third kappa shape index (κ3) is 2.47. The number of fused-ring (bicyclic) bond motifs is 4. The van der Waals surface area contributed by atoms with Crippen LogP contribution in [0.4, 0.5) is 24.7 Å². The number of halogens is 3. The SMILES string of the molecule is Cc1ccc2c(c1)C1(CC(=O)Nc3c1cnn3-c1ccc(C(F)(F)F)cc1)C(=O)N2. The molecule has 0 aliphatic carbocycles. The van der Waals surface area contributed by atoms with Gasteiger partial charge in [0.1, 0.15) is 11.2 Å². The Bertz CT molecular complexity index is 1210. The molecule has 9 heteroatoms. The fourth-order valence-corrected chi connectivity index (χ4v) is 4.20. The molecule has 2 amide bonds. The minimum absolute atomic E-state index is 0.0823. The summed E-state index contributed by atoms with van der Waals surface area (Å²) >= 11 is 0. The second-order valence-electron chi connectivity index (χ2n) is 7.50. The summed E-state index contributed by atoms with van der Waals surface area (Å²) in [5.74, 6) is -0.428. The van der Waals surface area contributed by atoms with E-state index in [1.54, 1.807) is 6.07 Å². The van der Waals surface area contributed by atoms with Gasteiger partial charge in [0.2, 0.25) is 11.8 Å². The zero-order valence-electron chi connectivity index (χ0n) is 15.7. The molecule has 2 aromatic carbocycles. The second-order valence-corrected chi connectivity index (χ2v) is 7.50. The number of rotatable bonds is 1. The first kappa shape index (κ1) is 18.4. The molecule has 2 N–H and O–H groups in total. The van der Waals surface area contributed by atoms with Crippen molar-refractivity contribution in [1.29, 1.82) is 0 Å². The van der Waals surface area contributed by atoms with Crippen LogP contribution in [0.2, 0.25) is 0 Å². The van der Waals surface area contributed by atoms with Crippen LogP contribution < -0.4 is 10.6 Å². The van der Waals surface area contributed by atoms with E-state index in [-0.39, 0.29) is 24.1 Å². The van der Waals surface area contributed by atoms with Gasteiger partial charge in [0, 0.05) is 17.7 Å². The van der Waals surface area contributed by atoms with Crippen LogP contribution >= 0.6 is 0 Å². The number of carbonyl (C=O) groups is 2. The van der Waals surface area contributed by atoms with Crippen LogP contribution in [-0.2, 0) is 21.2 Å². The standard InChI is InChI=1S/C21H15F3N4O2/c1-11-2-7-16-14(8-11)20(19(30)26-16)9-17(29)27-18-15(20)10-25-28(18)13-5-3-12(4-6-13)21(22,23)24/h2-8,10H,9H2,1H3,(H,26,30)(H,27,29). The molecule has 152 valence electrons. The zero-order chi connectivity index (χ0) is 21.3. The lowest BCUT2D eigenvalue weighted by Crippen LogP contribution is -2.43. The predicted molar refractivity (Wildman–Crippen MR) is 102 cm³/mol. The molecule has 0 radical (unpaired) electrons. The van der Waals surface area contributed by atoms with Crippen molar-refractivity contribution in [3.63, 3.8) is 0 Å². The van der Waals surface area contributed by atoms with Gasteiger partial charge in [0.15, 0.2) is 0 Å². The number of amides is 2. The summed E-state index contributed by atoms with van der Waals surface area (Å²) in [5.41, 5.74) is 1.08. The normalized spacial score (nSPS) is 20.0. The Kier molecular flexibility index (Phi) is 3.65. The molecule has 0 bridgehead atoms. The fourth-order valence-electron chi connectivity index (χ4n) is 4.20. The summed E-state index contributed by atoms with van der Waals surface area (Å²) < 4.78 is 40.0. The summed E-state index contributed by atoms with van der Waals surface area (Å²) in [5, 5.41) is 9.85. The Morgan fingerprint density at radius 1 is 1.03 bits per heavy atom. The number of nitrogens with one attached hydrogen (secondary N) is 2. The van der Waals surface area contributed by atoms with Crippen LogP contribution in [0.3, 0.4) is 0 Å². The summed E-state index contributed by atoms with van der Waals surface area (Å²) in [6, 6.07) is 9.98. The van der Waals surface area contributed by atoms with Gasteiger partial charge in [0.25, 0.3) is 0 Å². The quantitative estimate of drug-likeness (QED) is 0.639. The number of nitrogens with zero attached hydrogens (tertiary/aromatic N) is 2. The first-order valence-electron chi connectivity index (χ1n) is 9.19. The number of alkyl halides is 3. The maximum Gasteiger partial charge on any atom is 0.416 e. The van der Waals surface area contributed by atoms with Crippen molar-refractivity contribution in [3.8, 4) is 5.69 Å². The molecule has 1 aromatic heterocycles. The topological polar surface area (TPSA) is 76.0 Å². The largest absolute Gasteiger partial charge is 0.416 e. The Labute approximate surface area is 168 Å². The maximum absolute atomic E-state index is 13.1. The second kappa shape index (κ2) is 5.94. The van der Waals surface area contributed by atoms with E-state index in [0.29, 0.717) is 22.5 Å². The van der Waals surface area contributed by atoms with Crippen LogP contribution in [0.25, 0.3) is 5.69 Å². The summed E-state index contributed by atoms with van der Waals surface area (Å²) in [6.45, 7) is 1.90. The predicted octanol–water partition coefficient (Wildman–Crippen LogP) is 3.78. The molecule has 0 saturated carbocycles. The van der Waals surface area contributed by atoms with Crippen molar-refractivity contribution in [2.24, 2.45) is 0 Å². The number of aryl methyl sites for hydroxylation is 1. The molecule has 0 fully saturated rings. The summed E-state index contributed by atoms with van der Waals surface area (Å²) in [7, 11) is 0. The number of hydrogen-bond acceptors (Lipinski definition) is 3. The van der Waals surface area contributed by atoms with E-state index in [1.165, 1.54) is 23.0 Å². The fraction of sp³-hybridized carbons (Fsp3) is 0.190. The molecule has 2 aliphatic rings. The van der Waals surface area contributed by atoms with Crippen LogP contribution in [0.1, 0.15) is 28.7 Å². The summed E-state index contributed by atoms with van der Waals surface area (Å²) in [4.78, 5) is 25.7. The van der Waals surface area contributed by atoms with Crippen molar-refractivity contribution in [2.45, 2.75) is 24.9 Å². The smallest absolute Gasteiger partial charge is 0.325 e. The maximum atomic E-state index is 13.1. The molecule has 1 spiro atoms. The molecule has 3 aromatic rings. The average Bonchev–Trinajstić information content (AvgIpc) is 3.22. The molecule has 3 heterocycles. The van der Waals surface area contributed by atoms with E-state index >= 15 is 0 Å². The van der Waals surface area contributed by atoms with Gasteiger partial charge in [-0.3, -0.25) is 9.59 Å². The Hall–Kier alpha value is -3.62. The monoisotopic (exact) mass is 412 g/mol. The van der Waals surface area contributed by atoms with Gasteiger partial charge in [-0.2, -0.15) is 18.3 Å². The van der Waals surface area contributed by atoms with E-state index in [1.807, 2.05) is 19.1 Å². The van der Waals surface area contributed by atoms with E-state index in [2.05, 4.69) is 15.7 Å².